The minimum Gasteiger partial charge on any atom is -0.465 e. The van der Waals surface area contributed by atoms with Gasteiger partial charge in [-0.3, -0.25) is 14.4 Å². The summed E-state index contributed by atoms with van der Waals surface area (Å²) in [6.45, 7) is 4.08. The first-order chi connectivity index (χ1) is 10.8. The van der Waals surface area contributed by atoms with Gasteiger partial charge < -0.3 is 9.47 Å². The zero-order valence-corrected chi connectivity index (χ0v) is 14.5. The predicted octanol–water partition coefficient (Wildman–Crippen LogP) is 3.10. The molecule has 0 aromatic rings. The molecule has 7 heteroatoms. The van der Waals surface area contributed by atoms with Crippen LogP contribution in [0.4, 0.5) is 0 Å². The van der Waals surface area contributed by atoms with Crippen LogP contribution in [0.3, 0.4) is 0 Å². The number of Topliss-reactive ketones (excluding diaryl/α,β-unsaturated/α-hetero) is 1. The second-order valence-electron chi connectivity index (χ2n) is 5.23. The van der Waals surface area contributed by atoms with Gasteiger partial charge in [-0.1, -0.05) is 6.92 Å². The molecule has 128 valence electrons. The van der Waals surface area contributed by atoms with Gasteiger partial charge in [-0.25, -0.2) is 0 Å². The summed E-state index contributed by atoms with van der Waals surface area (Å²) in [6, 6.07) is 0. The van der Waals surface area contributed by atoms with Crippen molar-refractivity contribution in [2.24, 2.45) is 5.41 Å². The first-order valence-corrected chi connectivity index (χ1v) is 8.21. The monoisotopic (exact) mass is 356 g/mol. The van der Waals surface area contributed by atoms with Crippen LogP contribution >= 0.6 is 23.2 Å². The molecule has 2 unspecified atom stereocenters. The van der Waals surface area contributed by atoms with Crippen molar-refractivity contribution in [3.05, 3.63) is 0 Å². The average molecular weight is 357 g/mol. The number of ether oxygens (including phenoxy) is 2. The lowest BCUT2D eigenvalue weighted by Crippen LogP contribution is -2.39. The topological polar surface area (TPSA) is 69.7 Å². The highest BCUT2D eigenvalue weighted by atomic mass is 35.5. The Bertz CT molecular complexity index is 391. The number of cyclic esters (lactones) is 1. The molecule has 5 nitrogen and oxygen atoms in total. The Hall–Kier alpha value is -0.810. The molecular formula is C15H24Cl2O5. The van der Waals surface area contributed by atoms with Gasteiger partial charge in [0.15, 0.2) is 0 Å². The zero-order chi connectivity index (χ0) is 17.9. The van der Waals surface area contributed by atoms with E-state index in [1.165, 1.54) is 0 Å². The molecule has 0 spiro atoms. The number of ketones is 1. The second-order valence-corrected chi connectivity index (χ2v) is 5.82. The number of alkyl halides is 2. The standard InChI is InChI=1S/C10H15ClO4.C5H9ClO/c1-10(4-3-8(12)15-7-10)9(13)14-6-2-5-11;1-2-3-5(7)4-6/h2-7H2,1H3;2-4H2,1H3/i;4T. The Labute approximate surface area is 143 Å². The van der Waals surface area contributed by atoms with Crippen LogP contribution in [-0.2, 0) is 23.9 Å². The second kappa shape index (κ2) is 11.7. The molecule has 1 fully saturated rings. The van der Waals surface area contributed by atoms with Gasteiger partial charge in [0.2, 0.25) is 0 Å². The van der Waals surface area contributed by atoms with Gasteiger partial charge in [-0.05, 0) is 26.2 Å². The van der Waals surface area contributed by atoms with Crippen LogP contribution in [0.25, 0.3) is 0 Å². The number of rotatable bonds is 7. The fraction of sp³-hybridized carbons (Fsp3) is 0.800. The van der Waals surface area contributed by atoms with E-state index in [0.29, 0.717) is 31.7 Å². The van der Waals surface area contributed by atoms with E-state index in [2.05, 4.69) is 0 Å². The van der Waals surface area contributed by atoms with E-state index in [0.717, 1.165) is 6.42 Å². The molecule has 22 heavy (non-hydrogen) atoms. The molecule has 1 aliphatic heterocycles. The van der Waals surface area contributed by atoms with E-state index in [4.69, 9.17) is 34.0 Å². The van der Waals surface area contributed by atoms with Crippen LogP contribution in [-0.4, -0.2) is 42.7 Å². The smallest absolute Gasteiger partial charge is 0.315 e. The average Bonchev–Trinajstić information content (AvgIpc) is 2.51. The van der Waals surface area contributed by atoms with Gasteiger partial charge in [0.25, 0.3) is 0 Å². The summed E-state index contributed by atoms with van der Waals surface area (Å²) in [7, 11) is 0. The number of esters is 2. The summed E-state index contributed by atoms with van der Waals surface area (Å²) in [5.41, 5.74) is -0.680. The molecule has 2 atom stereocenters. The summed E-state index contributed by atoms with van der Waals surface area (Å²) in [4.78, 5) is 32.9. The van der Waals surface area contributed by atoms with Crippen LogP contribution < -0.4 is 0 Å². The first kappa shape index (κ1) is 19.2. The third-order valence-electron chi connectivity index (χ3n) is 3.05. The van der Waals surface area contributed by atoms with Crippen molar-refractivity contribution < 1.29 is 25.2 Å². The quantitative estimate of drug-likeness (QED) is 0.398. The predicted molar refractivity (Wildman–Crippen MR) is 85.2 cm³/mol. The van der Waals surface area contributed by atoms with Crippen LogP contribution in [0.2, 0.25) is 0 Å². The van der Waals surface area contributed by atoms with Gasteiger partial charge in [0.1, 0.15) is 12.4 Å². The largest absolute Gasteiger partial charge is 0.465 e. The highest BCUT2D eigenvalue weighted by molar-refractivity contribution is 6.27. The van der Waals surface area contributed by atoms with Gasteiger partial charge in [0, 0.05) is 18.7 Å². The minimum absolute atomic E-state index is 0.117. The van der Waals surface area contributed by atoms with Crippen LogP contribution in [0.5, 0.6) is 0 Å². The van der Waals surface area contributed by atoms with Gasteiger partial charge in [-0.15, -0.1) is 23.2 Å². The van der Waals surface area contributed by atoms with Crippen LogP contribution in [0, 0.1) is 5.41 Å². The van der Waals surface area contributed by atoms with E-state index in [-0.39, 0.29) is 30.7 Å². The maximum atomic E-state index is 11.6. The molecule has 1 saturated heterocycles. The summed E-state index contributed by atoms with van der Waals surface area (Å²) in [5.74, 6) is -1.32. The summed E-state index contributed by atoms with van der Waals surface area (Å²) in [6.07, 6.45) is 2.62. The SMILES string of the molecule is CC1(C(=O)OCCCCl)CCC(=O)OC1.[3H]C(Cl)C(=O)CCC. The van der Waals surface area contributed by atoms with Crippen molar-refractivity contribution >= 4 is 40.9 Å². The molecule has 0 radical (unpaired) electrons. The van der Waals surface area contributed by atoms with E-state index in [9.17, 15) is 14.4 Å². The van der Waals surface area contributed by atoms with Gasteiger partial charge in [0.05, 0.1) is 19.2 Å². The van der Waals surface area contributed by atoms with Crippen LogP contribution in [0.1, 0.15) is 47.3 Å². The molecule has 1 aliphatic rings. The summed E-state index contributed by atoms with van der Waals surface area (Å²) >= 11 is 10.6. The normalized spacial score (nSPS) is 22.5. The molecule has 1 heterocycles. The third kappa shape index (κ3) is 8.59. The molecule has 0 aliphatic carbocycles. The number of halogens is 2. The lowest BCUT2D eigenvalue weighted by molar-refractivity contribution is -0.169. The number of hydrogen-bond donors (Lipinski definition) is 0. The zero-order valence-electron chi connectivity index (χ0n) is 14.0. The number of hydrogen-bond acceptors (Lipinski definition) is 5. The van der Waals surface area contributed by atoms with Crippen molar-refractivity contribution in [3.8, 4) is 0 Å². The molecule has 0 amide bonds. The Kier molecular flexibility index (Phi) is 10.2. The lowest BCUT2D eigenvalue weighted by Gasteiger charge is -2.30. The molecular weight excluding hydrogens is 331 g/mol. The maximum absolute atomic E-state index is 11.6. The van der Waals surface area contributed by atoms with Crippen molar-refractivity contribution in [3.63, 3.8) is 0 Å². The molecule has 0 aromatic heterocycles. The number of carbonyl (C=O) groups is 3. The fourth-order valence-corrected chi connectivity index (χ4v) is 1.84. The summed E-state index contributed by atoms with van der Waals surface area (Å²) in [5, 5.41) is 0. The molecule has 0 saturated carbocycles. The first-order valence-electron chi connectivity index (χ1n) is 7.82. The molecule has 0 bridgehead atoms. The fourth-order valence-electron chi connectivity index (χ4n) is 1.62. The van der Waals surface area contributed by atoms with E-state index in [1.54, 1.807) is 6.92 Å². The van der Waals surface area contributed by atoms with Gasteiger partial charge >= 0.3 is 11.9 Å². The Morgan fingerprint density at radius 2 is 2.14 bits per heavy atom. The van der Waals surface area contributed by atoms with Crippen LogP contribution in [0.15, 0.2) is 0 Å². The molecule has 1 rings (SSSR count). The van der Waals surface area contributed by atoms with Crippen molar-refractivity contribution in [2.75, 3.05) is 24.9 Å². The molecule has 0 N–H and O–H groups in total. The van der Waals surface area contributed by atoms with E-state index < -0.39 is 11.3 Å². The highest BCUT2D eigenvalue weighted by Gasteiger charge is 2.39. The lowest BCUT2D eigenvalue weighted by atomic mass is 9.85. The minimum atomic E-state index is -1.05. The van der Waals surface area contributed by atoms with Crippen molar-refractivity contribution in [1.29, 1.82) is 0 Å². The summed E-state index contributed by atoms with van der Waals surface area (Å²) < 4.78 is 16.6. The van der Waals surface area contributed by atoms with Crippen molar-refractivity contribution in [1.82, 2.24) is 0 Å². The Balaban J connectivity index is 0.000000515. The Morgan fingerprint density at radius 1 is 1.45 bits per heavy atom. The number of carbonyl (C=O) groups excluding carboxylic acids is 3. The van der Waals surface area contributed by atoms with E-state index in [1.807, 2.05) is 6.92 Å². The third-order valence-corrected chi connectivity index (χ3v) is 3.57. The molecule has 0 aromatic carbocycles. The Morgan fingerprint density at radius 3 is 2.55 bits per heavy atom. The van der Waals surface area contributed by atoms with E-state index >= 15 is 0 Å². The van der Waals surface area contributed by atoms with Gasteiger partial charge in [-0.2, -0.15) is 0 Å². The maximum Gasteiger partial charge on any atom is 0.315 e. The van der Waals surface area contributed by atoms with Crippen molar-refractivity contribution in [2.45, 2.75) is 46.0 Å². The highest BCUT2D eigenvalue weighted by Crippen LogP contribution is 2.29.